The number of hydrogen-bond donors (Lipinski definition) is 2. The standard InChI is InChI=1S/C32H31N3O8Si/c1-16(43-44(2,3)4)25-28-21(13-17-9-11-19(12-10-17)35(40)41)26(29(32(38)39)34(28)31(25)37)18-14-22(30(33)36)27-20-7-5-6-8-23(20)42-24(27)15-18/h5-12,14-16,21,25,28H,13H2,1-4H3,(H2,33,36)(H,38,39)/t16-,21?,25-,28-/m1/s1. The molecule has 1 fully saturated rings. The quantitative estimate of drug-likeness (QED) is 0.111. The Balaban J connectivity index is 1.55. The zero-order chi connectivity index (χ0) is 31.7. The number of fused-ring (bicyclic) bond motifs is 4. The van der Waals surface area contributed by atoms with E-state index in [1.54, 1.807) is 36.4 Å². The number of non-ortho nitro benzene ring substituents is 1. The summed E-state index contributed by atoms with van der Waals surface area (Å²) in [5.41, 5.74) is 8.16. The number of hydrogen-bond acceptors (Lipinski definition) is 7. The third-order valence-corrected chi connectivity index (χ3v) is 9.45. The normalized spacial score (nSPS) is 20.6. The minimum Gasteiger partial charge on any atom is -0.477 e. The Morgan fingerprint density at radius 3 is 2.41 bits per heavy atom. The Hall–Kier alpha value is -4.81. The Kier molecular flexibility index (Phi) is 6.93. The van der Waals surface area contributed by atoms with Gasteiger partial charge in [0.2, 0.25) is 11.8 Å². The van der Waals surface area contributed by atoms with Gasteiger partial charge in [-0.25, -0.2) is 4.79 Å². The van der Waals surface area contributed by atoms with Crippen LogP contribution in [0, 0.1) is 22.0 Å². The summed E-state index contributed by atoms with van der Waals surface area (Å²) in [5, 5.41) is 23.0. The highest BCUT2D eigenvalue weighted by Gasteiger charge is 2.61. The molecule has 3 aromatic carbocycles. The number of para-hydroxylation sites is 1. The van der Waals surface area contributed by atoms with E-state index in [-0.39, 0.29) is 29.3 Å². The van der Waals surface area contributed by atoms with Crippen molar-refractivity contribution in [1.82, 2.24) is 4.90 Å². The molecule has 12 heteroatoms. The Morgan fingerprint density at radius 2 is 1.80 bits per heavy atom. The zero-order valence-electron chi connectivity index (χ0n) is 24.6. The lowest BCUT2D eigenvalue weighted by molar-refractivity contribution is -0.384. The Morgan fingerprint density at radius 1 is 1.11 bits per heavy atom. The van der Waals surface area contributed by atoms with E-state index in [0.717, 1.165) is 5.56 Å². The number of β-lactam (4-membered cyclic amide) rings is 1. The van der Waals surface area contributed by atoms with Gasteiger partial charge in [-0.3, -0.25) is 19.7 Å². The molecule has 6 rings (SSSR count). The SMILES string of the molecule is C[C@@H](O[Si](C)(C)C)[C@H]1C(=O)N2C(C(=O)O)=C(c3cc(C(N)=O)c4c(c3)oc3ccccc34)C(Cc3ccc([N+](=O)[O-])cc3)[C@H]12. The van der Waals surface area contributed by atoms with Gasteiger partial charge in [-0.15, -0.1) is 0 Å². The van der Waals surface area contributed by atoms with Crippen molar-refractivity contribution < 1.29 is 33.3 Å². The number of nitrogens with zero attached hydrogens (tertiary/aromatic N) is 2. The van der Waals surface area contributed by atoms with E-state index in [9.17, 15) is 29.6 Å². The second kappa shape index (κ2) is 10.4. The Bertz CT molecular complexity index is 1910. The highest BCUT2D eigenvalue weighted by molar-refractivity contribution is 6.69. The number of nitro benzene ring substituents is 1. The first-order chi connectivity index (χ1) is 20.8. The van der Waals surface area contributed by atoms with Crippen molar-refractivity contribution in [2.45, 2.75) is 45.1 Å². The lowest BCUT2D eigenvalue weighted by Gasteiger charge is -2.49. The van der Waals surface area contributed by atoms with Crippen LogP contribution in [0.15, 0.2) is 70.8 Å². The smallest absolute Gasteiger partial charge is 0.352 e. The zero-order valence-corrected chi connectivity index (χ0v) is 25.6. The molecule has 1 unspecified atom stereocenters. The number of carbonyl (C=O) groups is 3. The first-order valence-electron chi connectivity index (χ1n) is 14.2. The van der Waals surface area contributed by atoms with Gasteiger partial charge in [-0.05, 0) is 67.9 Å². The molecule has 11 nitrogen and oxygen atoms in total. The van der Waals surface area contributed by atoms with Crippen molar-refractivity contribution in [3.63, 3.8) is 0 Å². The summed E-state index contributed by atoms with van der Waals surface area (Å²) in [5.74, 6) is -3.49. The van der Waals surface area contributed by atoms with E-state index in [2.05, 4.69) is 0 Å². The first-order valence-corrected chi connectivity index (χ1v) is 17.6. The van der Waals surface area contributed by atoms with Gasteiger partial charge in [0.15, 0.2) is 8.32 Å². The molecule has 0 spiro atoms. The van der Waals surface area contributed by atoms with Gasteiger partial charge in [0.25, 0.3) is 5.69 Å². The predicted octanol–water partition coefficient (Wildman–Crippen LogP) is 5.33. The first kappa shape index (κ1) is 29.3. The van der Waals surface area contributed by atoms with Crippen molar-refractivity contribution in [2.24, 2.45) is 17.6 Å². The number of nitro groups is 1. The van der Waals surface area contributed by atoms with Crippen molar-refractivity contribution in [3.05, 3.63) is 93.2 Å². The number of primary amides is 1. The number of furan rings is 1. The number of amides is 2. The summed E-state index contributed by atoms with van der Waals surface area (Å²) in [6.45, 7) is 7.90. The molecule has 1 saturated heterocycles. The summed E-state index contributed by atoms with van der Waals surface area (Å²) >= 11 is 0. The summed E-state index contributed by atoms with van der Waals surface area (Å²) in [6, 6.07) is 16.0. The molecule has 2 amide bonds. The molecule has 0 aliphatic carbocycles. The highest BCUT2D eigenvalue weighted by Crippen LogP contribution is 2.53. The number of carbonyl (C=O) groups excluding carboxylic acids is 2. The van der Waals surface area contributed by atoms with E-state index in [4.69, 9.17) is 14.6 Å². The highest BCUT2D eigenvalue weighted by atomic mass is 28.4. The molecule has 3 heterocycles. The predicted molar refractivity (Wildman–Crippen MR) is 165 cm³/mol. The maximum atomic E-state index is 13.7. The minimum absolute atomic E-state index is 0.0703. The fourth-order valence-electron chi connectivity index (χ4n) is 6.81. The monoisotopic (exact) mass is 613 g/mol. The summed E-state index contributed by atoms with van der Waals surface area (Å²) in [7, 11) is -2.07. The second-order valence-electron chi connectivity index (χ2n) is 12.3. The molecule has 3 N–H and O–H groups in total. The van der Waals surface area contributed by atoms with Crippen LogP contribution in [0.5, 0.6) is 0 Å². The van der Waals surface area contributed by atoms with E-state index >= 15 is 0 Å². The van der Waals surface area contributed by atoms with Crippen LogP contribution in [-0.4, -0.2) is 53.2 Å². The van der Waals surface area contributed by atoms with Crippen LogP contribution < -0.4 is 5.73 Å². The molecule has 4 atom stereocenters. The fraction of sp³-hybridized carbons (Fsp3) is 0.281. The maximum absolute atomic E-state index is 13.7. The maximum Gasteiger partial charge on any atom is 0.352 e. The van der Waals surface area contributed by atoms with Crippen molar-refractivity contribution in [1.29, 1.82) is 0 Å². The van der Waals surface area contributed by atoms with Crippen LogP contribution in [0.1, 0.15) is 28.4 Å². The largest absolute Gasteiger partial charge is 0.477 e. The third kappa shape index (κ3) is 4.76. The average molecular weight is 614 g/mol. The van der Waals surface area contributed by atoms with Gasteiger partial charge in [0.05, 0.1) is 28.6 Å². The van der Waals surface area contributed by atoms with Crippen LogP contribution in [0.25, 0.3) is 27.5 Å². The average Bonchev–Trinajstić information content (AvgIpc) is 3.45. The lowest BCUT2D eigenvalue weighted by atomic mass is 9.73. The van der Waals surface area contributed by atoms with Crippen LogP contribution in [-0.2, 0) is 20.4 Å². The van der Waals surface area contributed by atoms with Crippen molar-refractivity contribution in [3.8, 4) is 0 Å². The van der Waals surface area contributed by atoms with E-state index in [0.29, 0.717) is 33.1 Å². The molecule has 0 bridgehead atoms. The Labute approximate surface area is 253 Å². The number of nitrogens with two attached hydrogens (primary N) is 1. The van der Waals surface area contributed by atoms with Gasteiger partial charge < -0.3 is 24.6 Å². The van der Waals surface area contributed by atoms with Gasteiger partial charge in [-0.1, -0.05) is 30.3 Å². The molecular formula is C32H31N3O8Si. The van der Waals surface area contributed by atoms with Crippen LogP contribution in [0.4, 0.5) is 5.69 Å². The molecular weight excluding hydrogens is 582 g/mol. The molecule has 0 radical (unpaired) electrons. The lowest BCUT2D eigenvalue weighted by Crippen LogP contribution is -2.65. The van der Waals surface area contributed by atoms with Gasteiger partial charge in [0, 0.05) is 28.8 Å². The van der Waals surface area contributed by atoms with Crippen molar-refractivity contribution in [2.75, 3.05) is 0 Å². The van der Waals surface area contributed by atoms with Crippen LogP contribution in [0.3, 0.4) is 0 Å². The number of rotatable bonds is 9. The van der Waals surface area contributed by atoms with Gasteiger partial charge in [-0.2, -0.15) is 0 Å². The third-order valence-electron chi connectivity index (χ3n) is 8.37. The molecule has 1 aromatic heterocycles. The molecule has 4 aromatic rings. The summed E-state index contributed by atoms with van der Waals surface area (Å²) in [6.07, 6.45) is -0.193. The fourth-order valence-corrected chi connectivity index (χ4v) is 8.07. The molecule has 2 aliphatic rings. The molecule has 2 aliphatic heterocycles. The number of carboxylic acids is 1. The van der Waals surface area contributed by atoms with Crippen LogP contribution in [0.2, 0.25) is 19.6 Å². The summed E-state index contributed by atoms with van der Waals surface area (Å²) in [4.78, 5) is 51.5. The van der Waals surface area contributed by atoms with Gasteiger partial charge >= 0.3 is 5.97 Å². The number of aliphatic carboxylic acids is 1. The molecule has 0 saturated carbocycles. The van der Waals surface area contributed by atoms with Gasteiger partial charge in [0.1, 0.15) is 16.9 Å². The number of benzene rings is 3. The van der Waals surface area contributed by atoms with Crippen LogP contribution >= 0.6 is 0 Å². The van der Waals surface area contributed by atoms with E-state index in [1.807, 2.05) is 38.7 Å². The summed E-state index contributed by atoms with van der Waals surface area (Å²) < 4.78 is 12.4. The minimum atomic E-state index is -2.07. The molecule has 44 heavy (non-hydrogen) atoms. The van der Waals surface area contributed by atoms with E-state index in [1.165, 1.54) is 17.0 Å². The topological polar surface area (TPSA) is 166 Å². The number of carboxylic acid groups (broad SMARTS) is 1. The van der Waals surface area contributed by atoms with E-state index < -0.39 is 49.1 Å². The van der Waals surface area contributed by atoms with Crippen molar-refractivity contribution >= 4 is 59.3 Å². The second-order valence-corrected chi connectivity index (χ2v) is 16.8. The molecule has 226 valence electrons.